The highest BCUT2D eigenvalue weighted by atomic mass is 35.5. The average molecular weight is 215 g/mol. The Morgan fingerprint density at radius 1 is 1.57 bits per heavy atom. The minimum atomic E-state index is -0.969. The molecule has 0 fully saturated rings. The van der Waals surface area contributed by atoms with Crippen molar-refractivity contribution in [3.05, 3.63) is 34.3 Å². The molecule has 0 aliphatic heterocycles. The molecule has 3 nitrogen and oxygen atoms in total. The fourth-order valence-corrected chi connectivity index (χ4v) is 1.19. The van der Waals surface area contributed by atoms with Crippen molar-refractivity contribution in [2.45, 2.75) is 13.5 Å². The number of aliphatic carboxylic acids is 1. The molecule has 0 atom stereocenters. The maximum atomic E-state index is 10.2. The minimum Gasteiger partial charge on any atom is -0.480 e. The van der Waals surface area contributed by atoms with Crippen molar-refractivity contribution in [3.63, 3.8) is 0 Å². The molecule has 0 unspecified atom stereocenters. The number of halogens is 1. The van der Waals surface area contributed by atoms with E-state index < -0.39 is 5.97 Å². The average Bonchev–Trinajstić information content (AvgIpc) is 2.10. The van der Waals surface area contributed by atoms with Crippen LogP contribution in [0.5, 0.6) is 0 Å². The Bertz CT molecular complexity index is 336. The molecule has 0 amide bonds. The molecule has 0 saturated heterocycles. The fraction of sp³-hybridized carbons (Fsp3) is 0.300. The van der Waals surface area contributed by atoms with Gasteiger partial charge in [0.15, 0.2) is 0 Å². The number of rotatable bonds is 4. The normalized spacial score (nSPS) is 10.1. The standard InChI is InChI=1S/C10H11ClO3/c1-7-2-3-8(4-9(7)11)5-14-6-10(12)13/h2-4H,5-6H2,1H3,(H,12,13). The maximum absolute atomic E-state index is 10.2. The van der Waals surface area contributed by atoms with Gasteiger partial charge in [-0.05, 0) is 24.1 Å². The predicted octanol–water partition coefficient (Wildman–Crippen LogP) is 2.25. The number of carboxylic acid groups (broad SMARTS) is 1. The molecule has 1 aromatic carbocycles. The van der Waals surface area contributed by atoms with Crippen LogP contribution in [-0.4, -0.2) is 17.7 Å². The van der Waals surface area contributed by atoms with Crippen LogP contribution in [0.15, 0.2) is 18.2 Å². The highest BCUT2D eigenvalue weighted by molar-refractivity contribution is 6.31. The number of benzene rings is 1. The number of ether oxygens (including phenoxy) is 1. The molecule has 0 bridgehead atoms. The molecular weight excluding hydrogens is 204 g/mol. The summed E-state index contributed by atoms with van der Waals surface area (Å²) in [6.07, 6.45) is 0. The molecule has 0 aliphatic carbocycles. The third-order valence-corrected chi connectivity index (χ3v) is 2.14. The lowest BCUT2D eigenvalue weighted by Gasteiger charge is -2.03. The monoisotopic (exact) mass is 214 g/mol. The second-order valence-electron chi connectivity index (χ2n) is 2.97. The Morgan fingerprint density at radius 2 is 2.29 bits per heavy atom. The maximum Gasteiger partial charge on any atom is 0.329 e. The van der Waals surface area contributed by atoms with E-state index in [0.29, 0.717) is 5.02 Å². The van der Waals surface area contributed by atoms with Gasteiger partial charge in [0.25, 0.3) is 0 Å². The summed E-state index contributed by atoms with van der Waals surface area (Å²) in [5, 5.41) is 9.01. The second-order valence-corrected chi connectivity index (χ2v) is 3.38. The van der Waals surface area contributed by atoms with Gasteiger partial charge in [-0.3, -0.25) is 0 Å². The number of aryl methyl sites for hydroxylation is 1. The molecule has 0 heterocycles. The highest BCUT2D eigenvalue weighted by Gasteiger charge is 2.00. The first-order valence-electron chi connectivity index (χ1n) is 4.14. The van der Waals surface area contributed by atoms with Gasteiger partial charge in [0, 0.05) is 5.02 Å². The number of hydrogen-bond acceptors (Lipinski definition) is 2. The van der Waals surface area contributed by atoms with Crippen molar-refractivity contribution in [1.29, 1.82) is 0 Å². The highest BCUT2D eigenvalue weighted by Crippen LogP contribution is 2.16. The van der Waals surface area contributed by atoms with Crippen LogP contribution in [0.3, 0.4) is 0 Å². The van der Waals surface area contributed by atoms with Gasteiger partial charge in [0.1, 0.15) is 6.61 Å². The van der Waals surface area contributed by atoms with E-state index in [-0.39, 0.29) is 13.2 Å². The van der Waals surface area contributed by atoms with E-state index in [9.17, 15) is 4.79 Å². The zero-order valence-corrected chi connectivity index (χ0v) is 8.54. The lowest BCUT2D eigenvalue weighted by atomic mass is 10.2. The Balaban J connectivity index is 2.51. The lowest BCUT2D eigenvalue weighted by molar-refractivity contribution is -0.142. The molecule has 4 heteroatoms. The van der Waals surface area contributed by atoms with Crippen LogP contribution in [-0.2, 0) is 16.1 Å². The van der Waals surface area contributed by atoms with E-state index in [4.69, 9.17) is 21.4 Å². The quantitative estimate of drug-likeness (QED) is 0.836. The van der Waals surface area contributed by atoms with Gasteiger partial charge in [-0.1, -0.05) is 23.7 Å². The molecule has 1 rings (SSSR count). The summed E-state index contributed by atoms with van der Waals surface area (Å²) in [6, 6.07) is 5.52. The van der Waals surface area contributed by atoms with Crippen molar-refractivity contribution in [1.82, 2.24) is 0 Å². The van der Waals surface area contributed by atoms with Gasteiger partial charge in [0.2, 0.25) is 0 Å². The van der Waals surface area contributed by atoms with Crippen LogP contribution in [0.1, 0.15) is 11.1 Å². The molecule has 1 N–H and O–H groups in total. The van der Waals surface area contributed by atoms with Crippen LogP contribution in [0.25, 0.3) is 0 Å². The first-order chi connectivity index (χ1) is 6.59. The zero-order chi connectivity index (χ0) is 10.6. The van der Waals surface area contributed by atoms with Crippen molar-refractivity contribution in [3.8, 4) is 0 Å². The van der Waals surface area contributed by atoms with E-state index in [1.165, 1.54) is 0 Å². The smallest absolute Gasteiger partial charge is 0.329 e. The first-order valence-corrected chi connectivity index (χ1v) is 4.52. The van der Waals surface area contributed by atoms with E-state index in [0.717, 1.165) is 11.1 Å². The predicted molar refractivity (Wildman–Crippen MR) is 53.5 cm³/mol. The third-order valence-electron chi connectivity index (χ3n) is 1.73. The van der Waals surface area contributed by atoms with E-state index in [2.05, 4.69) is 0 Å². The molecule has 0 radical (unpaired) electrons. The minimum absolute atomic E-state index is 0.270. The largest absolute Gasteiger partial charge is 0.480 e. The third kappa shape index (κ3) is 3.36. The van der Waals surface area contributed by atoms with E-state index >= 15 is 0 Å². The number of carbonyl (C=O) groups is 1. The fourth-order valence-electron chi connectivity index (χ4n) is 0.982. The van der Waals surface area contributed by atoms with Crippen LogP contribution in [0, 0.1) is 6.92 Å². The Labute approximate surface area is 87.3 Å². The molecule has 0 aliphatic rings. The van der Waals surface area contributed by atoms with Gasteiger partial charge in [-0.25, -0.2) is 4.79 Å². The Hall–Kier alpha value is -1.06. The Kier molecular flexibility index (Phi) is 3.92. The molecule has 0 saturated carbocycles. The Morgan fingerprint density at radius 3 is 2.86 bits per heavy atom. The van der Waals surface area contributed by atoms with Gasteiger partial charge >= 0.3 is 5.97 Å². The second kappa shape index (κ2) is 4.98. The first kappa shape index (κ1) is 11.0. The van der Waals surface area contributed by atoms with Crippen LogP contribution in [0.2, 0.25) is 5.02 Å². The SMILES string of the molecule is Cc1ccc(COCC(=O)O)cc1Cl. The summed E-state index contributed by atoms with van der Waals surface area (Å²) < 4.78 is 4.92. The summed E-state index contributed by atoms with van der Waals surface area (Å²) in [7, 11) is 0. The summed E-state index contributed by atoms with van der Waals surface area (Å²) in [6.45, 7) is 1.89. The summed E-state index contributed by atoms with van der Waals surface area (Å²) >= 11 is 5.88. The van der Waals surface area contributed by atoms with E-state index in [1.54, 1.807) is 6.07 Å². The molecular formula is C10H11ClO3. The van der Waals surface area contributed by atoms with Crippen molar-refractivity contribution in [2.75, 3.05) is 6.61 Å². The van der Waals surface area contributed by atoms with Crippen LogP contribution < -0.4 is 0 Å². The molecule has 0 aromatic heterocycles. The summed E-state index contributed by atoms with van der Waals surface area (Å²) in [4.78, 5) is 10.2. The number of carboxylic acids is 1. The zero-order valence-electron chi connectivity index (χ0n) is 7.79. The topological polar surface area (TPSA) is 46.5 Å². The molecule has 76 valence electrons. The lowest BCUT2D eigenvalue weighted by Crippen LogP contribution is -2.06. The number of hydrogen-bond donors (Lipinski definition) is 1. The van der Waals surface area contributed by atoms with Gasteiger partial charge in [0.05, 0.1) is 6.61 Å². The summed E-state index contributed by atoms with van der Waals surface area (Å²) in [5.41, 5.74) is 1.87. The summed E-state index contributed by atoms with van der Waals surface area (Å²) in [5.74, 6) is -0.969. The van der Waals surface area contributed by atoms with Crippen molar-refractivity contribution in [2.24, 2.45) is 0 Å². The molecule has 1 aromatic rings. The molecule has 14 heavy (non-hydrogen) atoms. The van der Waals surface area contributed by atoms with Crippen LogP contribution >= 0.6 is 11.6 Å². The molecule has 0 spiro atoms. The van der Waals surface area contributed by atoms with Crippen molar-refractivity contribution < 1.29 is 14.6 Å². The van der Waals surface area contributed by atoms with Crippen LogP contribution in [0.4, 0.5) is 0 Å². The van der Waals surface area contributed by atoms with Gasteiger partial charge in [-0.15, -0.1) is 0 Å². The van der Waals surface area contributed by atoms with Gasteiger partial charge < -0.3 is 9.84 Å². The van der Waals surface area contributed by atoms with E-state index in [1.807, 2.05) is 19.1 Å². The van der Waals surface area contributed by atoms with Crippen molar-refractivity contribution >= 4 is 17.6 Å². The van der Waals surface area contributed by atoms with Gasteiger partial charge in [-0.2, -0.15) is 0 Å².